The van der Waals surface area contributed by atoms with Gasteiger partial charge < -0.3 is 30.2 Å². The summed E-state index contributed by atoms with van der Waals surface area (Å²) >= 11 is 7.85. The number of halogens is 2. The van der Waals surface area contributed by atoms with Gasteiger partial charge in [0.25, 0.3) is 5.91 Å². The number of rotatable bonds is 12. The van der Waals surface area contributed by atoms with E-state index in [1.807, 2.05) is 6.26 Å². The molecule has 192 valence electrons. The lowest BCUT2D eigenvalue weighted by molar-refractivity contribution is 0.00526. The number of anilines is 1. The Hall–Kier alpha value is -2.20. The highest BCUT2D eigenvalue weighted by molar-refractivity contribution is 7.98. The Morgan fingerprint density at radius 2 is 2.03 bits per heavy atom. The zero-order valence-electron chi connectivity index (χ0n) is 20.1. The van der Waals surface area contributed by atoms with Crippen LogP contribution in [0.5, 0.6) is 11.5 Å². The molecule has 0 saturated carbocycles. The number of hydrogen-bond acceptors (Lipinski definition) is 7. The van der Waals surface area contributed by atoms with E-state index in [1.54, 1.807) is 43.1 Å². The molecule has 10 heteroatoms. The molecular weight excluding hydrogens is 493 g/mol. The van der Waals surface area contributed by atoms with Crippen LogP contribution >= 0.6 is 23.4 Å². The van der Waals surface area contributed by atoms with Crippen molar-refractivity contribution in [2.24, 2.45) is 0 Å². The Labute approximate surface area is 215 Å². The van der Waals surface area contributed by atoms with Crippen LogP contribution in [0.25, 0.3) is 0 Å². The second kappa shape index (κ2) is 13.8. The minimum Gasteiger partial charge on any atom is -0.494 e. The van der Waals surface area contributed by atoms with Gasteiger partial charge in [-0.1, -0.05) is 11.6 Å². The topological polar surface area (TPSA) is 86.1 Å². The number of nitrogens with two attached hydrogens (primary N) is 1. The zero-order chi connectivity index (χ0) is 25.2. The van der Waals surface area contributed by atoms with Crippen LogP contribution in [0.1, 0.15) is 23.2 Å². The number of piperidine rings is 1. The third kappa shape index (κ3) is 8.17. The maximum absolute atomic E-state index is 13.1. The van der Waals surface area contributed by atoms with Gasteiger partial charge in [-0.15, -0.1) is 0 Å². The summed E-state index contributed by atoms with van der Waals surface area (Å²) in [4.78, 5) is 15.4. The first-order chi connectivity index (χ1) is 16.9. The highest BCUT2D eigenvalue weighted by Crippen LogP contribution is 2.29. The smallest absolute Gasteiger partial charge is 0.255 e. The molecule has 1 fully saturated rings. The van der Waals surface area contributed by atoms with Crippen LogP contribution in [0.2, 0.25) is 5.02 Å². The highest BCUT2D eigenvalue weighted by atomic mass is 35.5. The number of nitrogens with zero attached hydrogens (tertiary/aromatic N) is 1. The fourth-order valence-corrected chi connectivity index (χ4v) is 4.36. The molecule has 0 aromatic heterocycles. The fraction of sp³-hybridized carbons (Fsp3) is 0.480. The molecule has 1 aliphatic heterocycles. The number of nitrogens with one attached hydrogen (secondary N) is 1. The van der Waals surface area contributed by atoms with E-state index in [0.717, 1.165) is 31.7 Å². The second-order valence-corrected chi connectivity index (χ2v) is 9.70. The van der Waals surface area contributed by atoms with Crippen LogP contribution in [0, 0.1) is 5.82 Å². The van der Waals surface area contributed by atoms with Gasteiger partial charge in [-0.25, -0.2) is 4.39 Å². The Morgan fingerprint density at radius 3 is 2.74 bits per heavy atom. The number of carbonyl (C=O) groups is 1. The van der Waals surface area contributed by atoms with Gasteiger partial charge in [0, 0.05) is 38.6 Å². The van der Waals surface area contributed by atoms with Crippen LogP contribution < -0.4 is 20.5 Å². The van der Waals surface area contributed by atoms with Gasteiger partial charge in [-0.3, -0.25) is 4.79 Å². The Balaban J connectivity index is 1.51. The number of methoxy groups -OCH3 is 1. The monoisotopic (exact) mass is 525 g/mol. The lowest BCUT2D eigenvalue weighted by atomic mass is 10.0. The maximum atomic E-state index is 13.1. The van der Waals surface area contributed by atoms with E-state index in [1.165, 1.54) is 12.1 Å². The largest absolute Gasteiger partial charge is 0.494 e. The number of hydrogen-bond donors (Lipinski definition) is 2. The molecule has 2 atom stereocenters. The molecule has 0 spiro atoms. The molecule has 1 heterocycles. The molecule has 0 unspecified atom stereocenters. The SMILES string of the molecule is CO[C@H]1CN(CCCOc2ccc(F)cc2)CC[C@H]1NC(=O)c1cc(Cl)c(N)cc1OCCSC. The van der Waals surface area contributed by atoms with Crippen LogP contribution in [-0.4, -0.2) is 74.9 Å². The number of amides is 1. The Morgan fingerprint density at radius 1 is 1.26 bits per heavy atom. The zero-order valence-corrected chi connectivity index (χ0v) is 21.7. The van der Waals surface area contributed by atoms with Gasteiger partial charge in [0.05, 0.1) is 41.6 Å². The van der Waals surface area contributed by atoms with E-state index in [4.69, 9.17) is 31.5 Å². The van der Waals surface area contributed by atoms with Gasteiger partial charge >= 0.3 is 0 Å². The van der Waals surface area contributed by atoms with E-state index in [0.29, 0.717) is 47.5 Å². The first-order valence-corrected chi connectivity index (χ1v) is 13.3. The van der Waals surface area contributed by atoms with Crippen molar-refractivity contribution in [3.8, 4) is 11.5 Å². The number of ether oxygens (including phenoxy) is 3. The maximum Gasteiger partial charge on any atom is 0.255 e. The van der Waals surface area contributed by atoms with Crippen LogP contribution in [0.15, 0.2) is 36.4 Å². The van der Waals surface area contributed by atoms with E-state index in [9.17, 15) is 9.18 Å². The van der Waals surface area contributed by atoms with E-state index in [2.05, 4.69) is 10.2 Å². The quantitative estimate of drug-likeness (QED) is 0.319. The first-order valence-electron chi connectivity index (χ1n) is 11.6. The molecule has 7 nitrogen and oxygen atoms in total. The summed E-state index contributed by atoms with van der Waals surface area (Å²) in [6.07, 6.45) is 3.40. The molecule has 0 bridgehead atoms. The molecule has 1 amide bonds. The standard InChI is InChI=1S/C25H33ClFN3O4S/c1-32-24-16-30(9-3-11-33-18-6-4-17(27)5-7-18)10-8-22(24)29-25(31)19-14-20(26)21(28)15-23(19)34-12-13-35-2/h4-7,14-15,22,24H,3,8-13,16,28H2,1-2H3,(H,29,31)/t22-,24+/m1/s1. The van der Waals surface area contributed by atoms with Crippen molar-refractivity contribution in [1.82, 2.24) is 10.2 Å². The second-order valence-electron chi connectivity index (χ2n) is 8.31. The van der Waals surface area contributed by atoms with Gasteiger partial charge in [0.15, 0.2) is 0 Å². The van der Waals surface area contributed by atoms with Gasteiger partial charge in [-0.05, 0) is 49.4 Å². The number of carbonyl (C=O) groups excluding carboxylic acids is 1. The minimum absolute atomic E-state index is 0.144. The molecule has 2 aromatic rings. The minimum atomic E-state index is -0.281. The van der Waals surface area contributed by atoms with Gasteiger partial charge in [0.1, 0.15) is 17.3 Å². The molecule has 0 aliphatic carbocycles. The lowest BCUT2D eigenvalue weighted by Crippen LogP contribution is -2.55. The number of likely N-dealkylation sites (tertiary alicyclic amines) is 1. The van der Waals surface area contributed by atoms with Crippen LogP contribution in [0.4, 0.5) is 10.1 Å². The summed E-state index contributed by atoms with van der Waals surface area (Å²) in [5.74, 6) is 1.33. The molecule has 3 N–H and O–H groups in total. The summed E-state index contributed by atoms with van der Waals surface area (Å²) in [5, 5.41) is 3.41. The average molecular weight is 526 g/mol. The van der Waals surface area contributed by atoms with Crippen LogP contribution in [0.3, 0.4) is 0 Å². The molecular formula is C25H33ClFN3O4S. The third-order valence-corrected chi connectivity index (χ3v) is 6.75. The van der Waals surface area contributed by atoms with Crippen molar-refractivity contribution in [3.05, 3.63) is 52.8 Å². The summed E-state index contributed by atoms with van der Waals surface area (Å²) in [6, 6.07) is 9.02. The molecule has 1 saturated heterocycles. The number of thioether (sulfide) groups is 1. The normalized spacial score (nSPS) is 18.3. The van der Waals surface area contributed by atoms with Crippen molar-refractivity contribution >= 4 is 35.0 Å². The van der Waals surface area contributed by atoms with Crippen LogP contribution in [-0.2, 0) is 4.74 Å². The first kappa shape index (κ1) is 27.4. The van der Waals surface area contributed by atoms with Crippen molar-refractivity contribution in [2.75, 3.05) is 57.7 Å². The predicted octanol–water partition coefficient (Wildman–Crippen LogP) is 4.09. The summed E-state index contributed by atoms with van der Waals surface area (Å²) in [5.41, 5.74) is 6.66. The summed E-state index contributed by atoms with van der Waals surface area (Å²) in [7, 11) is 1.65. The highest BCUT2D eigenvalue weighted by Gasteiger charge is 2.31. The van der Waals surface area contributed by atoms with Crippen molar-refractivity contribution < 1.29 is 23.4 Å². The van der Waals surface area contributed by atoms with Gasteiger partial charge in [0.2, 0.25) is 0 Å². The van der Waals surface area contributed by atoms with Crippen molar-refractivity contribution in [2.45, 2.75) is 25.0 Å². The van der Waals surface area contributed by atoms with Gasteiger partial charge in [-0.2, -0.15) is 11.8 Å². The molecule has 0 radical (unpaired) electrons. The fourth-order valence-electron chi connectivity index (χ4n) is 3.94. The molecule has 3 rings (SSSR count). The molecule has 2 aromatic carbocycles. The van der Waals surface area contributed by atoms with Crippen molar-refractivity contribution in [1.29, 1.82) is 0 Å². The molecule has 35 heavy (non-hydrogen) atoms. The van der Waals surface area contributed by atoms with Crippen molar-refractivity contribution in [3.63, 3.8) is 0 Å². The van der Waals surface area contributed by atoms with E-state index in [-0.39, 0.29) is 23.9 Å². The summed E-state index contributed by atoms with van der Waals surface area (Å²) < 4.78 is 30.2. The molecule has 1 aliphatic rings. The third-order valence-electron chi connectivity index (χ3n) is 5.85. The van der Waals surface area contributed by atoms with E-state index >= 15 is 0 Å². The van der Waals surface area contributed by atoms with E-state index < -0.39 is 0 Å². The predicted molar refractivity (Wildman–Crippen MR) is 139 cm³/mol. The number of nitrogen functional groups attached to an aromatic ring is 1. The Kier molecular flexibility index (Phi) is 10.8. The number of benzene rings is 2. The summed E-state index contributed by atoms with van der Waals surface area (Å²) in [6.45, 7) is 3.35. The Bertz CT molecular complexity index is 966. The average Bonchev–Trinajstić information content (AvgIpc) is 2.85. The lowest BCUT2D eigenvalue weighted by Gasteiger charge is -2.38.